The molecule has 1 aromatic carbocycles. The Bertz CT molecular complexity index is 488. The Morgan fingerprint density at radius 3 is 2.94 bits per heavy atom. The van der Waals surface area contributed by atoms with E-state index in [9.17, 15) is 4.79 Å². The van der Waals surface area contributed by atoms with Crippen LogP contribution in [-0.4, -0.2) is 19.0 Å². The molecule has 17 heavy (non-hydrogen) atoms. The predicted octanol–water partition coefficient (Wildman–Crippen LogP) is 1.97. The zero-order valence-corrected chi connectivity index (χ0v) is 10.0. The first-order valence-electron chi connectivity index (χ1n) is 5.69. The minimum atomic E-state index is -0.0548. The van der Waals surface area contributed by atoms with E-state index in [0.29, 0.717) is 23.7 Å². The number of fused-ring (bicyclic) bond motifs is 1. The van der Waals surface area contributed by atoms with Gasteiger partial charge >= 0.3 is 0 Å². The molecule has 0 saturated carbocycles. The lowest BCUT2D eigenvalue weighted by molar-refractivity contribution is -0.115. The van der Waals surface area contributed by atoms with Crippen LogP contribution in [0.2, 0.25) is 0 Å². The molecule has 0 fully saturated rings. The summed E-state index contributed by atoms with van der Waals surface area (Å²) >= 11 is 0. The van der Waals surface area contributed by atoms with E-state index in [-0.39, 0.29) is 5.91 Å². The first-order valence-corrected chi connectivity index (χ1v) is 5.69. The van der Waals surface area contributed by atoms with Crippen molar-refractivity contribution >= 4 is 17.3 Å². The summed E-state index contributed by atoms with van der Waals surface area (Å²) in [6.45, 7) is 5.40. The van der Waals surface area contributed by atoms with Crippen LogP contribution >= 0.6 is 0 Å². The number of amides is 1. The molecule has 0 spiro atoms. The van der Waals surface area contributed by atoms with Gasteiger partial charge in [-0.05, 0) is 18.1 Å². The van der Waals surface area contributed by atoms with E-state index >= 15 is 0 Å². The highest BCUT2D eigenvalue weighted by Gasteiger charge is 2.24. The smallest absolute Gasteiger partial charge is 0.243 e. The number of hydrogen-bond donors (Lipinski definition) is 1. The molecule has 1 aromatic rings. The highest BCUT2D eigenvalue weighted by molar-refractivity contribution is 6.02. The molecule has 4 nitrogen and oxygen atoms in total. The number of nitrogens with one attached hydrogen (secondary N) is 1. The van der Waals surface area contributed by atoms with Gasteiger partial charge in [0.15, 0.2) is 0 Å². The summed E-state index contributed by atoms with van der Waals surface area (Å²) in [5, 5.41) is 11.8. The van der Waals surface area contributed by atoms with Gasteiger partial charge < -0.3 is 10.2 Å². The van der Waals surface area contributed by atoms with E-state index in [4.69, 9.17) is 5.26 Å². The van der Waals surface area contributed by atoms with E-state index in [1.165, 1.54) is 0 Å². The SMILES string of the molecule is CC(C)CN1CC(=O)Nc2c(C#N)cccc21. The largest absolute Gasteiger partial charge is 0.360 e. The van der Waals surface area contributed by atoms with Crippen molar-refractivity contribution in [3.05, 3.63) is 23.8 Å². The van der Waals surface area contributed by atoms with Crippen LogP contribution in [0, 0.1) is 17.2 Å². The average Bonchev–Trinajstić information content (AvgIpc) is 2.27. The van der Waals surface area contributed by atoms with Crippen LogP contribution in [0.5, 0.6) is 0 Å². The summed E-state index contributed by atoms with van der Waals surface area (Å²) in [5.74, 6) is 0.417. The summed E-state index contributed by atoms with van der Waals surface area (Å²) < 4.78 is 0. The van der Waals surface area contributed by atoms with E-state index in [1.807, 2.05) is 17.0 Å². The minimum Gasteiger partial charge on any atom is -0.360 e. The number of nitrogens with zero attached hydrogens (tertiary/aromatic N) is 2. The number of carbonyl (C=O) groups excluding carboxylic acids is 1. The number of anilines is 2. The number of para-hydroxylation sites is 1. The third-order valence-corrected chi connectivity index (χ3v) is 2.69. The fraction of sp³-hybridized carbons (Fsp3) is 0.385. The zero-order valence-electron chi connectivity index (χ0n) is 10.0. The van der Waals surface area contributed by atoms with Crippen molar-refractivity contribution in [2.75, 3.05) is 23.3 Å². The van der Waals surface area contributed by atoms with Crippen molar-refractivity contribution < 1.29 is 4.79 Å². The van der Waals surface area contributed by atoms with Gasteiger partial charge in [0.05, 0.1) is 23.5 Å². The molecule has 4 heteroatoms. The summed E-state index contributed by atoms with van der Waals surface area (Å²) in [6.07, 6.45) is 0. The Balaban J connectivity index is 2.44. The van der Waals surface area contributed by atoms with Gasteiger partial charge in [0.25, 0.3) is 0 Å². The topological polar surface area (TPSA) is 56.1 Å². The Kier molecular flexibility index (Phi) is 3.01. The monoisotopic (exact) mass is 229 g/mol. The highest BCUT2D eigenvalue weighted by Crippen LogP contribution is 2.32. The van der Waals surface area contributed by atoms with E-state index in [0.717, 1.165) is 12.2 Å². The number of carbonyl (C=O) groups is 1. The maximum Gasteiger partial charge on any atom is 0.243 e. The van der Waals surface area contributed by atoms with Crippen LogP contribution in [0.15, 0.2) is 18.2 Å². The molecule has 0 saturated heterocycles. The second-order valence-corrected chi connectivity index (χ2v) is 4.63. The maximum atomic E-state index is 11.6. The van der Waals surface area contributed by atoms with Gasteiger partial charge in [-0.25, -0.2) is 0 Å². The van der Waals surface area contributed by atoms with Crippen molar-refractivity contribution in [2.45, 2.75) is 13.8 Å². The average molecular weight is 229 g/mol. The quantitative estimate of drug-likeness (QED) is 0.843. The zero-order chi connectivity index (χ0) is 12.4. The van der Waals surface area contributed by atoms with Crippen LogP contribution < -0.4 is 10.2 Å². The minimum absolute atomic E-state index is 0.0548. The van der Waals surface area contributed by atoms with Crippen LogP contribution in [0.25, 0.3) is 0 Å². The van der Waals surface area contributed by atoms with Crippen LogP contribution in [-0.2, 0) is 4.79 Å². The molecule has 1 N–H and O–H groups in total. The molecule has 0 aliphatic carbocycles. The third kappa shape index (κ3) is 2.23. The molecule has 0 atom stereocenters. The summed E-state index contributed by atoms with van der Waals surface area (Å²) in [7, 11) is 0. The Hall–Kier alpha value is -2.02. The Morgan fingerprint density at radius 2 is 2.29 bits per heavy atom. The van der Waals surface area contributed by atoms with E-state index < -0.39 is 0 Å². The molecule has 0 unspecified atom stereocenters. The van der Waals surface area contributed by atoms with Crippen molar-refractivity contribution in [1.29, 1.82) is 5.26 Å². The Labute approximate surface area is 101 Å². The lowest BCUT2D eigenvalue weighted by Crippen LogP contribution is -2.40. The lowest BCUT2D eigenvalue weighted by Gasteiger charge is -2.32. The molecule has 0 bridgehead atoms. The molecule has 88 valence electrons. The predicted molar refractivity (Wildman–Crippen MR) is 66.8 cm³/mol. The lowest BCUT2D eigenvalue weighted by atomic mass is 10.1. The van der Waals surface area contributed by atoms with Gasteiger partial charge in [0.2, 0.25) is 5.91 Å². The van der Waals surface area contributed by atoms with Gasteiger partial charge in [-0.2, -0.15) is 5.26 Å². The second-order valence-electron chi connectivity index (χ2n) is 4.63. The van der Waals surface area contributed by atoms with E-state index in [1.54, 1.807) is 6.07 Å². The van der Waals surface area contributed by atoms with Crippen molar-refractivity contribution in [3.63, 3.8) is 0 Å². The molecule has 1 aliphatic rings. The van der Waals surface area contributed by atoms with Gasteiger partial charge in [0.1, 0.15) is 6.07 Å². The van der Waals surface area contributed by atoms with Gasteiger partial charge in [-0.3, -0.25) is 4.79 Å². The normalized spacial score (nSPS) is 14.2. The second kappa shape index (κ2) is 4.46. The van der Waals surface area contributed by atoms with Gasteiger partial charge in [-0.15, -0.1) is 0 Å². The maximum absolute atomic E-state index is 11.6. The molecule has 1 heterocycles. The standard InChI is InChI=1S/C13H15N3O/c1-9(2)7-16-8-12(17)15-13-10(6-14)4-3-5-11(13)16/h3-5,9H,7-8H2,1-2H3,(H,15,17). The van der Waals surface area contributed by atoms with Crippen LogP contribution in [0.4, 0.5) is 11.4 Å². The number of benzene rings is 1. The first kappa shape index (κ1) is 11.5. The number of rotatable bonds is 2. The summed E-state index contributed by atoms with van der Waals surface area (Å²) in [4.78, 5) is 13.7. The highest BCUT2D eigenvalue weighted by atomic mass is 16.2. The van der Waals surface area contributed by atoms with Crippen molar-refractivity contribution in [3.8, 4) is 6.07 Å². The number of nitriles is 1. The van der Waals surface area contributed by atoms with Crippen LogP contribution in [0.3, 0.4) is 0 Å². The molecule has 1 aliphatic heterocycles. The fourth-order valence-corrected chi connectivity index (χ4v) is 2.07. The van der Waals surface area contributed by atoms with Crippen molar-refractivity contribution in [2.24, 2.45) is 5.92 Å². The fourth-order valence-electron chi connectivity index (χ4n) is 2.07. The molecule has 0 aromatic heterocycles. The molecular formula is C13H15N3O. The summed E-state index contributed by atoms with van der Waals surface area (Å²) in [6, 6.07) is 7.62. The van der Waals surface area contributed by atoms with Crippen LogP contribution in [0.1, 0.15) is 19.4 Å². The first-order chi connectivity index (χ1) is 8.11. The Morgan fingerprint density at radius 1 is 1.53 bits per heavy atom. The number of hydrogen-bond acceptors (Lipinski definition) is 3. The third-order valence-electron chi connectivity index (χ3n) is 2.69. The molecule has 1 amide bonds. The van der Waals surface area contributed by atoms with Gasteiger partial charge in [-0.1, -0.05) is 19.9 Å². The molecule has 2 rings (SSSR count). The summed E-state index contributed by atoms with van der Waals surface area (Å²) in [5.41, 5.74) is 2.11. The van der Waals surface area contributed by atoms with Crippen molar-refractivity contribution in [1.82, 2.24) is 0 Å². The van der Waals surface area contributed by atoms with Gasteiger partial charge in [0, 0.05) is 6.54 Å². The van der Waals surface area contributed by atoms with E-state index in [2.05, 4.69) is 25.2 Å². The molecular weight excluding hydrogens is 214 g/mol. The molecule has 0 radical (unpaired) electrons.